The monoisotopic (exact) mass is 601 g/mol. The molecule has 0 atom stereocenters. The van der Waals surface area contributed by atoms with Gasteiger partial charge in [-0.3, -0.25) is 9.13 Å². The first-order chi connectivity index (χ1) is 23.3. The Balaban J connectivity index is 1.29. The Morgan fingerprint density at radius 3 is 2.13 bits per heavy atom. The Kier molecular flexibility index (Phi) is 4.75. The van der Waals surface area contributed by atoms with Crippen molar-refractivity contribution in [2.24, 2.45) is 0 Å². The lowest BCUT2D eigenvalue weighted by Crippen LogP contribution is -2.06. The lowest BCUT2D eigenvalue weighted by atomic mass is 10.0. The lowest BCUT2D eigenvalue weighted by Gasteiger charge is -2.20. The van der Waals surface area contributed by atoms with Crippen LogP contribution in [-0.2, 0) is 0 Å². The van der Waals surface area contributed by atoms with Crippen LogP contribution in [0.5, 0.6) is 11.5 Å². The number of ether oxygens (including phenoxy) is 1. The Morgan fingerprint density at radius 2 is 1.19 bits per heavy atom. The summed E-state index contributed by atoms with van der Waals surface area (Å²) in [6.07, 6.45) is 0. The van der Waals surface area contributed by atoms with Crippen LogP contribution in [0.2, 0.25) is 0 Å². The smallest absolute Gasteiger partial charge is 0.235 e. The number of pyridine rings is 1. The predicted molar refractivity (Wildman–Crippen MR) is 189 cm³/mol. The maximum absolute atomic E-state index is 6.28. The van der Waals surface area contributed by atoms with Gasteiger partial charge < -0.3 is 4.74 Å². The molecule has 0 amide bonds. The highest BCUT2D eigenvalue weighted by Crippen LogP contribution is 2.46. The van der Waals surface area contributed by atoms with Gasteiger partial charge in [0.1, 0.15) is 17.3 Å². The molecule has 6 aromatic carbocycles. The minimum Gasteiger partial charge on any atom is -0.456 e. The Hall–Kier alpha value is -6.53. The maximum atomic E-state index is 6.28. The topological polar surface area (TPSA) is 57.8 Å². The number of hydrogen-bond donors (Lipinski definition) is 0. The summed E-state index contributed by atoms with van der Waals surface area (Å²) in [5.41, 5.74) is 7.96. The van der Waals surface area contributed by atoms with Gasteiger partial charge in [-0.2, -0.15) is 0 Å². The van der Waals surface area contributed by atoms with Gasteiger partial charge in [-0.25, -0.2) is 15.0 Å². The molecule has 1 aliphatic heterocycles. The molecular weight excluding hydrogens is 578 g/mol. The van der Waals surface area contributed by atoms with Crippen molar-refractivity contribution >= 4 is 65.4 Å². The SMILES string of the molecule is c1ccc2c(c1)Oc1cccc3nc(-n4c5ccccc5c5c4ccc4c6ccccc6n(-c6ccc7ccccc7n6)c45)nc-2c13. The van der Waals surface area contributed by atoms with Gasteiger partial charge in [0.05, 0.1) is 44.2 Å². The van der Waals surface area contributed by atoms with Crippen LogP contribution in [0, 0.1) is 0 Å². The molecule has 0 bridgehead atoms. The molecule has 0 saturated heterocycles. The average Bonchev–Trinajstić information content (AvgIpc) is 3.64. The molecule has 0 unspecified atom stereocenters. The van der Waals surface area contributed by atoms with E-state index in [4.69, 9.17) is 19.7 Å². The van der Waals surface area contributed by atoms with Crippen LogP contribution < -0.4 is 4.74 Å². The Morgan fingerprint density at radius 1 is 0.447 bits per heavy atom. The molecule has 47 heavy (non-hydrogen) atoms. The number of aromatic nitrogens is 5. The van der Waals surface area contributed by atoms with E-state index < -0.39 is 0 Å². The highest BCUT2D eigenvalue weighted by Gasteiger charge is 2.26. The van der Waals surface area contributed by atoms with Crippen LogP contribution in [0.15, 0.2) is 140 Å². The summed E-state index contributed by atoms with van der Waals surface area (Å²) < 4.78 is 10.8. The summed E-state index contributed by atoms with van der Waals surface area (Å²) in [7, 11) is 0. The van der Waals surface area contributed by atoms with Gasteiger partial charge in [-0.05, 0) is 60.7 Å². The van der Waals surface area contributed by atoms with E-state index in [9.17, 15) is 0 Å². The van der Waals surface area contributed by atoms with E-state index in [0.29, 0.717) is 5.95 Å². The third-order valence-electron chi connectivity index (χ3n) is 9.52. The molecule has 0 N–H and O–H groups in total. The molecule has 0 fully saturated rings. The van der Waals surface area contributed by atoms with Crippen molar-refractivity contribution in [3.63, 3.8) is 0 Å². The standard InChI is InChI=1S/C41H23N5O/c1-5-14-29-24(10-1)20-23-36(42-29)46-31-16-6-2-11-25(31)26-21-22-33-37(40(26)46)27-12-3-7-17-32(27)45(33)41-43-30-15-9-19-35-38(30)39(44-41)28-13-4-8-18-34(28)47-35/h1-23H. The van der Waals surface area contributed by atoms with E-state index in [1.165, 1.54) is 10.8 Å². The summed E-state index contributed by atoms with van der Waals surface area (Å²) in [6, 6.07) is 48.3. The van der Waals surface area contributed by atoms with Crippen molar-refractivity contribution in [3.05, 3.63) is 140 Å². The fourth-order valence-electron chi connectivity index (χ4n) is 7.53. The van der Waals surface area contributed by atoms with Gasteiger partial charge in [-0.15, -0.1) is 0 Å². The summed E-state index contributed by atoms with van der Waals surface area (Å²) >= 11 is 0. The lowest BCUT2D eigenvalue weighted by molar-refractivity contribution is 0.486. The van der Waals surface area contributed by atoms with Gasteiger partial charge in [0.15, 0.2) is 0 Å². The third kappa shape index (κ3) is 3.31. The predicted octanol–water partition coefficient (Wildman–Crippen LogP) is 10.1. The number of hydrogen-bond acceptors (Lipinski definition) is 4. The van der Waals surface area contributed by atoms with Crippen LogP contribution in [0.1, 0.15) is 0 Å². The minimum atomic E-state index is 0.624. The summed E-state index contributed by atoms with van der Waals surface area (Å²) in [4.78, 5) is 15.7. The molecule has 4 aromatic heterocycles. The van der Waals surface area contributed by atoms with Gasteiger partial charge in [0.25, 0.3) is 0 Å². The van der Waals surface area contributed by atoms with Crippen molar-refractivity contribution in [1.82, 2.24) is 24.1 Å². The molecule has 11 rings (SSSR count). The van der Waals surface area contributed by atoms with Crippen LogP contribution >= 0.6 is 0 Å². The zero-order valence-electron chi connectivity index (χ0n) is 24.9. The quantitative estimate of drug-likeness (QED) is 0.198. The minimum absolute atomic E-state index is 0.624. The Bertz CT molecular complexity index is 2950. The first-order valence-electron chi connectivity index (χ1n) is 15.7. The van der Waals surface area contributed by atoms with E-state index in [1.54, 1.807) is 0 Å². The van der Waals surface area contributed by atoms with Crippen molar-refractivity contribution in [1.29, 1.82) is 0 Å². The molecule has 0 saturated carbocycles. The summed E-state index contributed by atoms with van der Waals surface area (Å²) in [6.45, 7) is 0. The second kappa shape index (κ2) is 9.02. The molecule has 0 spiro atoms. The molecule has 1 aliphatic rings. The number of para-hydroxylation sites is 4. The van der Waals surface area contributed by atoms with E-state index in [1.807, 2.05) is 42.5 Å². The molecule has 0 radical (unpaired) electrons. The van der Waals surface area contributed by atoms with Gasteiger partial charge >= 0.3 is 0 Å². The van der Waals surface area contributed by atoms with Gasteiger partial charge in [0.2, 0.25) is 5.95 Å². The summed E-state index contributed by atoms with van der Waals surface area (Å²) in [5.74, 6) is 3.08. The summed E-state index contributed by atoms with van der Waals surface area (Å²) in [5, 5.41) is 6.68. The van der Waals surface area contributed by atoms with E-state index in [0.717, 1.165) is 83.2 Å². The van der Waals surface area contributed by atoms with E-state index >= 15 is 0 Å². The molecule has 6 nitrogen and oxygen atoms in total. The van der Waals surface area contributed by atoms with Crippen molar-refractivity contribution < 1.29 is 4.74 Å². The van der Waals surface area contributed by atoms with Crippen molar-refractivity contribution in [3.8, 4) is 34.5 Å². The second-order valence-electron chi connectivity index (χ2n) is 12.0. The average molecular weight is 602 g/mol. The second-order valence-corrected chi connectivity index (χ2v) is 12.0. The zero-order valence-corrected chi connectivity index (χ0v) is 24.9. The number of fused-ring (bicyclic) bond motifs is 10. The highest BCUT2D eigenvalue weighted by atomic mass is 16.5. The Labute approximate surface area is 267 Å². The number of benzene rings is 6. The fraction of sp³-hybridized carbons (Fsp3) is 0. The fourth-order valence-corrected chi connectivity index (χ4v) is 7.53. The van der Waals surface area contributed by atoms with Crippen LogP contribution in [0.25, 0.3) is 88.4 Å². The highest BCUT2D eigenvalue weighted by molar-refractivity contribution is 6.26. The van der Waals surface area contributed by atoms with Gasteiger partial charge in [0, 0.05) is 32.5 Å². The zero-order chi connectivity index (χ0) is 30.6. The number of rotatable bonds is 2. The molecule has 0 aliphatic carbocycles. The first-order valence-corrected chi connectivity index (χ1v) is 15.7. The maximum Gasteiger partial charge on any atom is 0.235 e. The molecule has 10 aromatic rings. The van der Waals surface area contributed by atoms with Crippen LogP contribution in [0.4, 0.5) is 0 Å². The number of nitrogens with zero attached hydrogens (tertiary/aromatic N) is 5. The first kappa shape index (κ1) is 24.8. The molecule has 6 heteroatoms. The van der Waals surface area contributed by atoms with E-state index in [2.05, 4.69) is 106 Å². The van der Waals surface area contributed by atoms with Crippen LogP contribution in [-0.4, -0.2) is 24.1 Å². The largest absolute Gasteiger partial charge is 0.456 e. The third-order valence-corrected chi connectivity index (χ3v) is 9.52. The van der Waals surface area contributed by atoms with E-state index in [-0.39, 0.29) is 0 Å². The van der Waals surface area contributed by atoms with Crippen molar-refractivity contribution in [2.75, 3.05) is 0 Å². The molecule has 218 valence electrons. The molecular formula is C41H23N5O. The van der Waals surface area contributed by atoms with Crippen LogP contribution in [0.3, 0.4) is 0 Å². The van der Waals surface area contributed by atoms with Crippen molar-refractivity contribution in [2.45, 2.75) is 0 Å². The molecule has 5 heterocycles. The van der Waals surface area contributed by atoms with Gasteiger partial charge in [-0.1, -0.05) is 78.9 Å². The normalized spacial score (nSPS) is 12.4.